The van der Waals surface area contributed by atoms with Crippen molar-refractivity contribution in [2.75, 3.05) is 32.8 Å². The molecule has 156 valence electrons. The second-order valence-electron chi connectivity index (χ2n) is 7.26. The first-order chi connectivity index (χ1) is 14.6. The fraction of sp³-hybridized carbons (Fsp3) is 0.304. The van der Waals surface area contributed by atoms with E-state index in [1.165, 1.54) is 0 Å². The molecule has 0 N–H and O–H groups in total. The number of halogens is 2. The summed E-state index contributed by atoms with van der Waals surface area (Å²) >= 11 is 12.1. The monoisotopic (exact) mass is 443 g/mol. The third kappa shape index (κ3) is 5.29. The molecule has 1 unspecified atom stereocenters. The largest absolute Gasteiger partial charge is 0.472 e. The maximum atomic E-state index is 6.11. The summed E-state index contributed by atoms with van der Waals surface area (Å²) in [5.74, 6) is 0.499. The lowest BCUT2D eigenvalue weighted by Crippen LogP contribution is -2.41. The fourth-order valence-electron chi connectivity index (χ4n) is 3.45. The Morgan fingerprint density at radius 3 is 2.10 bits per heavy atom. The van der Waals surface area contributed by atoms with Gasteiger partial charge in [-0.2, -0.15) is 0 Å². The second kappa shape index (κ2) is 9.75. The highest BCUT2D eigenvalue weighted by molar-refractivity contribution is 6.31. The minimum Gasteiger partial charge on any atom is -0.472 e. The predicted molar refractivity (Wildman–Crippen MR) is 120 cm³/mol. The van der Waals surface area contributed by atoms with Crippen molar-refractivity contribution in [2.24, 2.45) is 0 Å². The number of ether oxygens (including phenoxy) is 2. The summed E-state index contributed by atoms with van der Waals surface area (Å²) in [4.78, 5) is 11.8. The molecule has 2 heterocycles. The van der Waals surface area contributed by atoms with E-state index in [-0.39, 0.29) is 6.10 Å². The van der Waals surface area contributed by atoms with Gasteiger partial charge in [0, 0.05) is 40.8 Å². The van der Waals surface area contributed by atoms with Crippen molar-refractivity contribution in [1.29, 1.82) is 0 Å². The molecule has 0 aliphatic carbocycles. The van der Waals surface area contributed by atoms with Crippen molar-refractivity contribution in [3.63, 3.8) is 0 Å². The van der Waals surface area contributed by atoms with E-state index >= 15 is 0 Å². The van der Waals surface area contributed by atoms with E-state index in [4.69, 9.17) is 37.7 Å². The first-order valence-corrected chi connectivity index (χ1v) is 10.7. The van der Waals surface area contributed by atoms with Gasteiger partial charge in [0.1, 0.15) is 11.8 Å². The van der Waals surface area contributed by atoms with Gasteiger partial charge in [-0.25, -0.2) is 9.97 Å². The van der Waals surface area contributed by atoms with Gasteiger partial charge in [0.05, 0.1) is 25.1 Å². The quantitative estimate of drug-likeness (QED) is 0.522. The standard InChI is InChI=1S/C23H23Cl2N3O2/c1-16(15-28-10-12-29-13-11-28)30-21-14-26-22(17-2-6-19(24)7-3-17)23(27-21)18-4-8-20(25)9-5-18/h2-9,14,16H,10-13,15H2,1H3. The lowest BCUT2D eigenvalue weighted by Gasteiger charge is -2.29. The van der Waals surface area contributed by atoms with Gasteiger partial charge in [-0.15, -0.1) is 0 Å². The van der Waals surface area contributed by atoms with Gasteiger partial charge in [-0.05, 0) is 31.2 Å². The molecule has 1 aromatic heterocycles. The molecule has 1 aliphatic rings. The molecule has 0 bridgehead atoms. The Hall–Kier alpha value is -2.18. The molecule has 4 rings (SSSR count). The Morgan fingerprint density at radius 1 is 0.933 bits per heavy atom. The van der Waals surface area contributed by atoms with Crippen LogP contribution in [-0.2, 0) is 4.74 Å². The van der Waals surface area contributed by atoms with Gasteiger partial charge in [-0.3, -0.25) is 4.90 Å². The van der Waals surface area contributed by atoms with E-state index in [1.54, 1.807) is 6.20 Å². The number of rotatable bonds is 6. The van der Waals surface area contributed by atoms with Crippen LogP contribution < -0.4 is 4.74 Å². The summed E-state index contributed by atoms with van der Waals surface area (Å²) in [6.45, 7) is 6.24. The van der Waals surface area contributed by atoms with Gasteiger partial charge in [-0.1, -0.05) is 47.5 Å². The van der Waals surface area contributed by atoms with Crippen LogP contribution in [0.5, 0.6) is 5.88 Å². The molecule has 0 amide bonds. The normalized spacial score (nSPS) is 15.7. The van der Waals surface area contributed by atoms with Crippen LogP contribution in [-0.4, -0.2) is 53.8 Å². The SMILES string of the molecule is CC(CN1CCOCC1)Oc1cnc(-c2ccc(Cl)cc2)c(-c2ccc(Cl)cc2)n1. The third-order valence-electron chi connectivity index (χ3n) is 4.93. The molecule has 1 atom stereocenters. The first kappa shape index (κ1) is 21.1. The summed E-state index contributed by atoms with van der Waals surface area (Å²) in [6, 6.07) is 15.1. The molecule has 7 heteroatoms. The van der Waals surface area contributed by atoms with Crippen LogP contribution in [0.25, 0.3) is 22.5 Å². The highest BCUT2D eigenvalue weighted by Gasteiger charge is 2.17. The summed E-state index contributed by atoms with van der Waals surface area (Å²) < 4.78 is 11.5. The van der Waals surface area contributed by atoms with Crippen molar-refractivity contribution in [2.45, 2.75) is 13.0 Å². The van der Waals surface area contributed by atoms with Gasteiger partial charge in [0.15, 0.2) is 0 Å². The zero-order chi connectivity index (χ0) is 20.9. The Kier molecular flexibility index (Phi) is 6.85. The third-order valence-corrected chi connectivity index (χ3v) is 5.43. The maximum absolute atomic E-state index is 6.11. The lowest BCUT2D eigenvalue weighted by molar-refractivity contribution is 0.0213. The van der Waals surface area contributed by atoms with E-state index in [9.17, 15) is 0 Å². The van der Waals surface area contributed by atoms with Crippen LogP contribution in [0.1, 0.15) is 6.92 Å². The first-order valence-electron chi connectivity index (χ1n) is 9.94. The van der Waals surface area contributed by atoms with Gasteiger partial charge < -0.3 is 9.47 Å². The minimum absolute atomic E-state index is 0.0168. The second-order valence-corrected chi connectivity index (χ2v) is 8.13. The molecule has 1 saturated heterocycles. The topological polar surface area (TPSA) is 47.5 Å². The molecule has 1 aliphatic heterocycles. The number of benzene rings is 2. The van der Waals surface area contributed by atoms with Crippen LogP contribution in [0, 0.1) is 0 Å². The van der Waals surface area contributed by atoms with Crippen molar-refractivity contribution >= 4 is 23.2 Å². The van der Waals surface area contributed by atoms with Gasteiger partial charge >= 0.3 is 0 Å². The highest BCUT2D eigenvalue weighted by Crippen LogP contribution is 2.31. The Morgan fingerprint density at radius 2 is 1.50 bits per heavy atom. The Bertz CT molecular complexity index is 975. The molecule has 3 aromatic rings. The zero-order valence-corrected chi connectivity index (χ0v) is 18.2. The Balaban J connectivity index is 1.61. The minimum atomic E-state index is -0.0168. The molecule has 0 saturated carbocycles. The van der Waals surface area contributed by atoms with Crippen molar-refractivity contribution in [3.05, 3.63) is 64.8 Å². The van der Waals surface area contributed by atoms with E-state index < -0.39 is 0 Å². The highest BCUT2D eigenvalue weighted by atomic mass is 35.5. The predicted octanol–water partition coefficient (Wildman–Crippen LogP) is 5.22. The van der Waals surface area contributed by atoms with Crippen LogP contribution in [0.2, 0.25) is 10.0 Å². The molecule has 0 radical (unpaired) electrons. The van der Waals surface area contributed by atoms with Crippen molar-refractivity contribution in [1.82, 2.24) is 14.9 Å². The zero-order valence-electron chi connectivity index (χ0n) is 16.7. The van der Waals surface area contributed by atoms with Crippen molar-refractivity contribution in [3.8, 4) is 28.4 Å². The average Bonchev–Trinajstić information content (AvgIpc) is 2.76. The smallest absolute Gasteiger partial charge is 0.233 e. The summed E-state index contributed by atoms with van der Waals surface area (Å²) in [5, 5.41) is 1.35. The molecule has 5 nitrogen and oxygen atoms in total. The van der Waals surface area contributed by atoms with E-state index in [0.29, 0.717) is 15.9 Å². The van der Waals surface area contributed by atoms with Crippen LogP contribution in [0.3, 0.4) is 0 Å². The molecular weight excluding hydrogens is 421 g/mol. The molecule has 2 aromatic carbocycles. The maximum Gasteiger partial charge on any atom is 0.233 e. The average molecular weight is 444 g/mol. The van der Waals surface area contributed by atoms with E-state index in [2.05, 4.69) is 9.88 Å². The molecule has 1 fully saturated rings. The number of hydrogen-bond acceptors (Lipinski definition) is 5. The van der Waals surface area contributed by atoms with Gasteiger partial charge in [0.2, 0.25) is 5.88 Å². The molecule has 0 spiro atoms. The number of hydrogen-bond donors (Lipinski definition) is 0. The van der Waals surface area contributed by atoms with Gasteiger partial charge in [0.25, 0.3) is 0 Å². The fourth-order valence-corrected chi connectivity index (χ4v) is 3.70. The molecular formula is C23H23Cl2N3O2. The summed E-state index contributed by atoms with van der Waals surface area (Å²) in [5.41, 5.74) is 3.36. The Labute approximate surface area is 186 Å². The summed E-state index contributed by atoms with van der Waals surface area (Å²) in [6.07, 6.45) is 1.66. The number of nitrogens with zero attached hydrogens (tertiary/aromatic N) is 3. The van der Waals surface area contributed by atoms with E-state index in [0.717, 1.165) is 55.4 Å². The van der Waals surface area contributed by atoms with Crippen molar-refractivity contribution < 1.29 is 9.47 Å². The van der Waals surface area contributed by atoms with Crippen LogP contribution >= 0.6 is 23.2 Å². The van der Waals surface area contributed by atoms with E-state index in [1.807, 2.05) is 55.5 Å². The summed E-state index contributed by atoms with van der Waals surface area (Å²) in [7, 11) is 0. The number of morpholine rings is 1. The lowest BCUT2D eigenvalue weighted by atomic mass is 10.0. The van der Waals surface area contributed by atoms with Crippen LogP contribution in [0.4, 0.5) is 0 Å². The molecule has 30 heavy (non-hydrogen) atoms. The van der Waals surface area contributed by atoms with Crippen LogP contribution in [0.15, 0.2) is 54.7 Å². The number of aromatic nitrogens is 2.